The average Bonchev–Trinajstić information content (AvgIpc) is 2.40. The van der Waals surface area contributed by atoms with Gasteiger partial charge in [-0.15, -0.1) is 0 Å². The van der Waals surface area contributed by atoms with Gasteiger partial charge in [0.05, 0.1) is 6.08 Å². The molecule has 0 spiro atoms. The Kier molecular flexibility index (Phi) is 5.71. The molecular weight excluding hydrogens is 265 g/mol. The summed E-state index contributed by atoms with van der Waals surface area (Å²) in [5, 5.41) is 17.4. The first kappa shape index (κ1) is 15.7. The van der Waals surface area contributed by atoms with E-state index in [-0.39, 0.29) is 5.82 Å². The molecule has 0 radical (unpaired) electrons. The standard InChI is InChI=1S/C14H16FNO4/c1-16(13(18)9-12(17)14(19)20)8-2-3-10-4-6-11(15)7-5-10/h4-7,9,17H,2-3,8H2,1H3,(H,19,20). The summed E-state index contributed by atoms with van der Waals surface area (Å²) in [6.45, 7) is 0.402. The lowest BCUT2D eigenvalue weighted by Crippen LogP contribution is -2.27. The smallest absolute Gasteiger partial charge is 0.371 e. The van der Waals surface area contributed by atoms with E-state index in [1.54, 1.807) is 12.1 Å². The van der Waals surface area contributed by atoms with Gasteiger partial charge in [-0.2, -0.15) is 0 Å². The third-order valence-corrected chi connectivity index (χ3v) is 2.73. The highest BCUT2D eigenvalue weighted by Gasteiger charge is 2.11. The van der Waals surface area contributed by atoms with E-state index in [0.29, 0.717) is 25.5 Å². The highest BCUT2D eigenvalue weighted by Crippen LogP contribution is 2.06. The number of rotatable bonds is 6. The Morgan fingerprint density at radius 1 is 1.25 bits per heavy atom. The molecule has 6 heteroatoms. The fourth-order valence-electron chi connectivity index (χ4n) is 1.57. The highest BCUT2D eigenvalue weighted by molar-refractivity contribution is 5.95. The molecule has 108 valence electrons. The van der Waals surface area contributed by atoms with Crippen molar-refractivity contribution in [3.63, 3.8) is 0 Å². The third kappa shape index (κ3) is 5.09. The number of halogens is 1. The second-order valence-electron chi connectivity index (χ2n) is 4.32. The monoisotopic (exact) mass is 281 g/mol. The van der Waals surface area contributed by atoms with Crippen molar-refractivity contribution in [1.29, 1.82) is 0 Å². The van der Waals surface area contributed by atoms with Gasteiger partial charge in [0.2, 0.25) is 11.7 Å². The zero-order chi connectivity index (χ0) is 15.1. The zero-order valence-electron chi connectivity index (χ0n) is 11.0. The first-order valence-corrected chi connectivity index (χ1v) is 6.03. The number of nitrogens with zero attached hydrogens (tertiary/aromatic N) is 1. The number of hydrogen-bond acceptors (Lipinski definition) is 3. The van der Waals surface area contributed by atoms with Gasteiger partial charge in [-0.1, -0.05) is 12.1 Å². The maximum atomic E-state index is 12.7. The van der Waals surface area contributed by atoms with Crippen LogP contribution in [0.1, 0.15) is 12.0 Å². The van der Waals surface area contributed by atoms with Crippen LogP contribution in [0.4, 0.5) is 4.39 Å². The van der Waals surface area contributed by atoms with E-state index in [2.05, 4.69) is 0 Å². The summed E-state index contributed by atoms with van der Waals surface area (Å²) >= 11 is 0. The van der Waals surface area contributed by atoms with Crippen molar-refractivity contribution in [2.75, 3.05) is 13.6 Å². The molecule has 0 saturated carbocycles. The minimum Gasteiger partial charge on any atom is -0.502 e. The summed E-state index contributed by atoms with van der Waals surface area (Å²) in [6.07, 6.45) is 1.99. The molecule has 0 aromatic heterocycles. The number of carboxylic acid groups (broad SMARTS) is 1. The lowest BCUT2D eigenvalue weighted by atomic mass is 10.1. The highest BCUT2D eigenvalue weighted by atomic mass is 19.1. The van der Waals surface area contributed by atoms with Gasteiger partial charge in [-0.05, 0) is 30.5 Å². The quantitative estimate of drug-likeness (QED) is 0.615. The number of aryl methyl sites for hydroxylation is 1. The van der Waals surface area contributed by atoms with Crippen molar-refractivity contribution in [2.24, 2.45) is 0 Å². The molecule has 0 atom stereocenters. The van der Waals surface area contributed by atoms with Gasteiger partial charge in [-0.25, -0.2) is 9.18 Å². The number of amides is 1. The molecular formula is C14H16FNO4. The Labute approximate surface area is 115 Å². The van der Waals surface area contributed by atoms with Crippen LogP contribution in [-0.2, 0) is 16.0 Å². The largest absolute Gasteiger partial charge is 0.502 e. The minimum atomic E-state index is -1.54. The van der Waals surface area contributed by atoms with E-state index in [1.807, 2.05) is 0 Å². The second-order valence-corrected chi connectivity index (χ2v) is 4.32. The summed E-state index contributed by atoms with van der Waals surface area (Å²) < 4.78 is 12.7. The molecule has 0 fully saturated rings. The first-order valence-electron chi connectivity index (χ1n) is 6.03. The molecule has 1 rings (SSSR count). The van der Waals surface area contributed by atoms with Crippen LogP contribution in [0.5, 0.6) is 0 Å². The first-order chi connectivity index (χ1) is 9.40. The van der Waals surface area contributed by atoms with E-state index < -0.39 is 17.6 Å². The third-order valence-electron chi connectivity index (χ3n) is 2.73. The Morgan fingerprint density at radius 2 is 1.85 bits per heavy atom. The molecule has 0 aliphatic carbocycles. The number of likely N-dealkylation sites (N-methyl/N-ethyl adjacent to an activating group) is 1. The minimum absolute atomic E-state index is 0.296. The summed E-state index contributed by atoms with van der Waals surface area (Å²) in [6, 6.07) is 6.09. The number of benzene rings is 1. The lowest BCUT2D eigenvalue weighted by molar-refractivity contribution is -0.136. The van der Waals surface area contributed by atoms with Crippen LogP contribution < -0.4 is 0 Å². The fraction of sp³-hybridized carbons (Fsp3) is 0.286. The summed E-state index contributed by atoms with van der Waals surface area (Å²) in [5.41, 5.74) is 0.955. The maximum absolute atomic E-state index is 12.7. The molecule has 2 N–H and O–H groups in total. The molecule has 0 aliphatic rings. The fourth-order valence-corrected chi connectivity index (χ4v) is 1.57. The maximum Gasteiger partial charge on any atom is 0.371 e. The number of aliphatic carboxylic acids is 1. The Morgan fingerprint density at radius 3 is 2.40 bits per heavy atom. The van der Waals surface area contributed by atoms with Gasteiger partial charge in [0.1, 0.15) is 5.82 Å². The normalized spacial score (nSPS) is 11.2. The van der Waals surface area contributed by atoms with E-state index in [4.69, 9.17) is 10.2 Å². The van der Waals surface area contributed by atoms with Crippen LogP contribution in [0.2, 0.25) is 0 Å². The molecule has 20 heavy (non-hydrogen) atoms. The van der Waals surface area contributed by atoms with Gasteiger partial charge in [-0.3, -0.25) is 4.79 Å². The Hall–Kier alpha value is -2.37. The van der Waals surface area contributed by atoms with Crippen LogP contribution in [-0.4, -0.2) is 40.6 Å². The molecule has 0 unspecified atom stereocenters. The van der Waals surface area contributed by atoms with Crippen LogP contribution in [0, 0.1) is 5.82 Å². The zero-order valence-corrected chi connectivity index (χ0v) is 11.0. The average molecular weight is 281 g/mol. The number of carbonyl (C=O) groups excluding carboxylic acids is 1. The van der Waals surface area contributed by atoms with Gasteiger partial charge in [0, 0.05) is 13.6 Å². The van der Waals surface area contributed by atoms with E-state index >= 15 is 0 Å². The van der Waals surface area contributed by atoms with Gasteiger partial charge >= 0.3 is 5.97 Å². The molecule has 0 heterocycles. The Bertz CT molecular complexity index is 510. The van der Waals surface area contributed by atoms with Gasteiger partial charge in [0.25, 0.3) is 0 Å². The second kappa shape index (κ2) is 7.28. The van der Waals surface area contributed by atoms with Crippen LogP contribution >= 0.6 is 0 Å². The predicted molar refractivity (Wildman–Crippen MR) is 70.7 cm³/mol. The van der Waals surface area contributed by atoms with Gasteiger partial charge in [0.15, 0.2) is 0 Å². The summed E-state index contributed by atoms with van der Waals surface area (Å²) in [7, 11) is 1.51. The van der Waals surface area contributed by atoms with Crippen molar-refractivity contribution in [2.45, 2.75) is 12.8 Å². The number of aliphatic hydroxyl groups is 1. The number of aliphatic hydroxyl groups excluding tert-OH is 1. The van der Waals surface area contributed by atoms with Crippen LogP contribution in [0.15, 0.2) is 36.1 Å². The topological polar surface area (TPSA) is 77.8 Å². The predicted octanol–water partition coefficient (Wildman–Crippen LogP) is 1.74. The van der Waals surface area contributed by atoms with Crippen molar-refractivity contribution in [1.82, 2.24) is 4.90 Å². The molecule has 1 aromatic carbocycles. The molecule has 5 nitrogen and oxygen atoms in total. The van der Waals surface area contributed by atoms with Crippen LogP contribution in [0.25, 0.3) is 0 Å². The molecule has 0 bridgehead atoms. The Balaban J connectivity index is 2.41. The number of carboxylic acids is 1. The van der Waals surface area contributed by atoms with E-state index in [9.17, 15) is 14.0 Å². The lowest BCUT2D eigenvalue weighted by Gasteiger charge is -2.14. The van der Waals surface area contributed by atoms with Crippen molar-refractivity contribution in [3.05, 3.63) is 47.5 Å². The van der Waals surface area contributed by atoms with Crippen LogP contribution in [0.3, 0.4) is 0 Å². The van der Waals surface area contributed by atoms with E-state index in [1.165, 1.54) is 24.1 Å². The van der Waals surface area contributed by atoms with Crippen molar-refractivity contribution >= 4 is 11.9 Å². The SMILES string of the molecule is CN(CCCc1ccc(F)cc1)C(=O)C=C(O)C(=O)O. The summed E-state index contributed by atoms with van der Waals surface area (Å²) in [4.78, 5) is 23.2. The van der Waals surface area contributed by atoms with E-state index in [0.717, 1.165) is 5.56 Å². The molecule has 1 amide bonds. The molecule has 0 aliphatic heterocycles. The number of hydrogen-bond donors (Lipinski definition) is 2. The summed E-state index contributed by atoms with van der Waals surface area (Å²) in [5.74, 6) is -3.40. The molecule has 0 saturated heterocycles. The molecule has 1 aromatic rings. The van der Waals surface area contributed by atoms with Crippen molar-refractivity contribution in [3.8, 4) is 0 Å². The van der Waals surface area contributed by atoms with Gasteiger partial charge < -0.3 is 15.1 Å². The van der Waals surface area contributed by atoms with Crippen molar-refractivity contribution < 1.29 is 24.2 Å². The number of carbonyl (C=O) groups is 2.